The molecule has 2 aliphatic heterocycles. The maximum atomic E-state index is 12.4. The third kappa shape index (κ3) is 3.80. The zero-order chi connectivity index (χ0) is 16.9. The largest absolute Gasteiger partial charge is 0.383 e. The number of hydrogen-bond donors (Lipinski definition) is 2. The molecule has 0 spiro atoms. The normalized spacial score (nSPS) is 23.8. The SMILES string of the molecule is NC(=NC(=O)C1CCN1C1CCOCC1)N=C(N)c1ccccc1. The molecule has 7 heteroatoms. The lowest BCUT2D eigenvalue weighted by Gasteiger charge is -2.45. The summed E-state index contributed by atoms with van der Waals surface area (Å²) in [5.41, 5.74) is 12.4. The lowest BCUT2D eigenvalue weighted by molar-refractivity contribution is -0.131. The van der Waals surface area contributed by atoms with E-state index in [-0.39, 0.29) is 23.7 Å². The van der Waals surface area contributed by atoms with Crippen LogP contribution in [0, 0.1) is 0 Å². The molecule has 0 aliphatic carbocycles. The molecule has 2 fully saturated rings. The number of carbonyl (C=O) groups excluding carboxylic acids is 1. The molecular formula is C17H23N5O2. The Morgan fingerprint density at radius 3 is 2.42 bits per heavy atom. The zero-order valence-corrected chi connectivity index (χ0v) is 13.6. The number of benzene rings is 1. The Kier molecular flexibility index (Phi) is 5.22. The molecule has 1 aromatic rings. The smallest absolute Gasteiger partial charge is 0.266 e. The summed E-state index contributed by atoms with van der Waals surface area (Å²) in [5.74, 6) is -0.0884. The van der Waals surface area contributed by atoms with Crippen LogP contribution in [0.3, 0.4) is 0 Å². The molecule has 1 amide bonds. The third-order valence-electron chi connectivity index (χ3n) is 4.54. The average molecular weight is 329 g/mol. The highest BCUT2D eigenvalue weighted by Crippen LogP contribution is 2.26. The van der Waals surface area contributed by atoms with Crippen molar-refractivity contribution in [1.82, 2.24) is 4.90 Å². The summed E-state index contributed by atoms with van der Waals surface area (Å²) in [6.07, 6.45) is 2.73. The second-order valence-electron chi connectivity index (χ2n) is 6.06. The Balaban J connectivity index is 1.63. The van der Waals surface area contributed by atoms with Crippen LogP contribution in [0.1, 0.15) is 24.8 Å². The van der Waals surface area contributed by atoms with Gasteiger partial charge in [-0.05, 0) is 19.3 Å². The number of carbonyl (C=O) groups is 1. The molecule has 2 saturated heterocycles. The van der Waals surface area contributed by atoms with E-state index in [2.05, 4.69) is 14.9 Å². The summed E-state index contributed by atoms with van der Waals surface area (Å²) in [4.78, 5) is 22.5. The highest BCUT2D eigenvalue weighted by Gasteiger charge is 2.39. The van der Waals surface area contributed by atoms with Gasteiger partial charge in [0.25, 0.3) is 5.91 Å². The topological polar surface area (TPSA) is 106 Å². The highest BCUT2D eigenvalue weighted by molar-refractivity contribution is 6.06. The molecule has 0 saturated carbocycles. The Bertz CT molecular complexity index is 638. The quantitative estimate of drug-likeness (QED) is 0.620. The van der Waals surface area contributed by atoms with Gasteiger partial charge in [-0.2, -0.15) is 9.98 Å². The van der Waals surface area contributed by atoms with Gasteiger partial charge < -0.3 is 16.2 Å². The number of amides is 1. The number of likely N-dealkylation sites (tertiary alicyclic amines) is 1. The van der Waals surface area contributed by atoms with E-state index in [4.69, 9.17) is 16.2 Å². The van der Waals surface area contributed by atoms with Gasteiger partial charge in [0.05, 0.1) is 6.04 Å². The molecule has 4 N–H and O–H groups in total. The summed E-state index contributed by atoms with van der Waals surface area (Å²) in [6, 6.07) is 9.46. The molecule has 2 aliphatic rings. The fourth-order valence-electron chi connectivity index (χ4n) is 3.14. The lowest BCUT2D eigenvalue weighted by atomic mass is 9.95. The number of guanidine groups is 1. The Hall–Kier alpha value is -2.25. The standard InChI is InChI=1S/C17H23N5O2/c18-15(12-4-2-1-3-5-12)20-17(19)21-16(23)14-6-9-22(14)13-7-10-24-11-8-13/h1-5,13-14H,6-11H2,(H4,18,19,20,21,23). The zero-order valence-electron chi connectivity index (χ0n) is 13.6. The molecule has 24 heavy (non-hydrogen) atoms. The molecule has 128 valence electrons. The molecule has 0 aromatic heterocycles. The van der Waals surface area contributed by atoms with Gasteiger partial charge in [-0.1, -0.05) is 30.3 Å². The Morgan fingerprint density at radius 2 is 1.79 bits per heavy atom. The molecule has 3 rings (SSSR count). The monoisotopic (exact) mass is 329 g/mol. The van der Waals surface area contributed by atoms with E-state index < -0.39 is 0 Å². The maximum absolute atomic E-state index is 12.4. The minimum atomic E-state index is -0.241. The second kappa shape index (κ2) is 7.55. The van der Waals surface area contributed by atoms with Gasteiger partial charge in [0.1, 0.15) is 5.84 Å². The van der Waals surface area contributed by atoms with Crippen molar-refractivity contribution >= 4 is 17.7 Å². The van der Waals surface area contributed by atoms with Crippen molar-refractivity contribution in [3.8, 4) is 0 Å². The summed E-state index contributed by atoms with van der Waals surface area (Å²) in [5, 5.41) is 0. The van der Waals surface area contributed by atoms with Gasteiger partial charge in [0, 0.05) is 31.4 Å². The van der Waals surface area contributed by atoms with Gasteiger partial charge in [0.15, 0.2) is 0 Å². The molecule has 1 aromatic carbocycles. The number of nitrogens with two attached hydrogens (primary N) is 2. The molecule has 0 bridgehead atoms. The van der Waals surface area contributed by atoms with E-state index >= 15 is 0 Å². The lowest BCUT2D eigenvalue weighted by Crippen LogP contribution is -2.57. The van der Waals surface area contributed by atoms with Crippen molar-refractivity contribution in [3.05, 3.63) is 35.9 Å². The van der Waals surface area contributed by atoms with Crippen LogP contribution in [0.25, 0.3) is 0 Å². The van der Waals surface area contributed by atoms with Crippen molar-refractivity contribution in [2.45, 2.75) is 31.3 Å². The van der Waals surface area contributed by atoms with Crippen molar-refractivity contribution in [2.24, 2.45) is 21.5 Å². The predicted molar refractivity (Wildman–Crippen MR) is 92.7 cm³/mol. The van der Waals surface area contributed by atoms with Crippen LogP contribution in [0.5, 0.6) is 0 Å². The van der Waals surface area contributed by atoms with E-state index in [0.29, 0.717) is 6.04 Å². The Morgan fingerprint density at radius 1 is 1.08 bits per heavy atom. The summed E-state index contributed by atoms with van der Waals surface area (Å²) in [7, 11) is 0. The van der Waals surface area contributed by atoms with Crippen molar-refractivity contribution in [3.63, 3.8) is 0 Å². The van der Waals surface area contributed by atoms with Crippen LogP contribution >= 0.6 is 0 Å². The number of ether oxygens (including phenoxy) is 1. The molecule has 7 nitrogen and oxygen atoms in total. The molecule has 1 unspecified atom stereocenters. The molecular weight excluding hydrogens is 306 g/mol. The van der Waals surface area contributed by atoms with Gasteiger partial charge in [-0.3, -0.25) is 9.69 Å². The van der Waals surface area contributed by atoms with E-state index in [1.54, 1.807) is 0 Å². The predicted octanol–water partition coefficient (Wildman–Crippen LogP) is 0.487. The van der Waals surface area contributed by atoms with E-state index in [1.807, 2.05) is 30.3 Å². The fourth-order valence-corrected chi connectivity index (χ4v) is 3.14. The first-order valence-corrected chi connectivity index (χ1v) is 8.26. The van der Waals surface area contributed by atoms with Crippen LogP contribution in [-0.2, 0) is 9.53 Å². The number of hydrogen-bond acceptors (Lipinski definition) is 3. The summed E-state index contributed by atoms with van der Waals surface area (Å²) >= 11 is 0. The first-order chi connectivity index (χ1) is 11.6. The molecule has 2 heterocycles. The first kappa shape index (κ1) is 16.6. The fraction of sp³-hybridized carbons (Fsp3) is 0.471. The summed E-state index contributed by atoms with van der Waals surface area (Å²) in [6.45, 7) is 2.43. The minimum Gasteiger partial charge on any atom is -0.383 e. The summed E-state index contributed by atoms with van der Waals surface area (Å²) < 4.78 is 5.37. The number of aliphatic imine (C=N–C) groups is 2. The number of nitrogens with zero attached hydrogens (tertiary/aromatic N) is 3. The van der Waals surface area contributed by atoms with Crippen LogP contribution in [0.4, 0.5) is 0 Å². The van der Waals surface area contributed by atoms with Crippen LogP contribution in [0.15, 0.2) is 40.3 Å². The number of rotatable bonds is 3. The van der Waals surface area contributed by atoms with E-state index in [1.165, 1.54) is 0 Å². The van der Waals surface area contributed by atoms with E-state index in [9.17, 15) is 4.79 Å². The van der Waals surface area contributed by atoms with Crippen molar-refractivity contribution < 1.29 is 9.53 Å². The van der Waals surface area contributed by atoms with Crippen LogP contribution in [-0.4, -0.2) is 54.4 Å². The van der Waals surface area contributed by atoms with E-state index in [0.717, 1.165) is 44.6 Å². The van der Waals surface area contributed by atoms with Gasteiger partial charge in [-0.25, -0.2) is 0 Å². The van der Waals surface area contributed by atoms with Crippen LogP contribution in [0.2, 0.25) is 0 Å². The average Bonchev–Trinajstić information content (AvgIpc) is 2.55. The highest BCUT2D eigenvalue weighted by atomic mass is 16.5. The van der Waals surface area contributed by atoms with Crippen molar-refractivity contribution in [1.29, 1.82) is 0 Å². The van der Waals surface area contributed by atoms with Gasteiger partial charge in [0.2, 0.25) is 5.96 Å². The molecule has 1 atom stereocenters. The molecule has 0 radical (unpaired) electrons. The second-order valence-corrected chi connectivity index (χ2v) is 6.06. The maximum Gasteiger partial charge on any atom is 0.266 e. The third-order valence-corrected chi connectivity index (χ3v) is 4.54. The Labute approximate surface area is 141 Å². The van der Waals surface area contributed by atoms with Crippen LogP contribution < -0.4 is 11.5 Å². The van der Waals surface area contributed by atoms with Crippen molar-refractivity contribution in [2.75, 3.05) is 19.8 Å². The number of amidine groups is 1. The minimum absolute atomic E-state index is 0.0971. The van der Waals surface area contributed by atoms with Gasteiger partial charge >= 0.3 is 0 Å². The first-order valence-electron chi connectivity index (χ1n) is 8.26. The van der Waals surface area contributed by atoms with Gasteiger partial charge in [-0.15, -0.1) is 0 Å².